The van der Waals surface area contributed by atoms with E-state index < -0.39 is 17.2 Å². The molecule has 0 radical (unpaired) electrons. The summed E-state index contributed by atoms with van der Waals surface area (Å²) in [5, 5.41) is 7.50. The summed E-state index contributed by atoms with van der Waals surface area (Å²) >= 11 is 6.13. The highest BCUT2D eigenvalue weighted by Crippen LogP contribution is 2.23. The summed E-state index contributed by atoms with van der Waals surface area (Å²) < 4.78 is 16.6. The van der Waals surface area contributed by atoms with E-state index in [0.29, 0.717) is 35.6 Å². The Morgan fingerprint density at radius 3 is 2.45 bits per heavy atom. The van der Waals surface area contributed by atoms with E-state index in [0.717, 1.165) is 32.7 Å². The van der Waals surface area contributed by atoms with E-state index in [1.165, 1.54) is 0 Å². The topological polar surface area (TPSA) is 93.0 Å². The molecule has 1 aliphatic rings. The molecular formula is C23H34ClN5O4. The number of amides is 1. The molecule has 10 heteroatoms. The molecule has 0 saturated carbocycles. The molecule has 2 aromatic rings. The van der Waals surface area contributed by atoms with Crippen molar-refractivity contribution >= 4 is 17.7 Å². The van der Waals surface area contributed by atoms with Gasteiger partial charge in [-0.1, -0.05) is 28.9 Å². The molecule has 33 heavy (non-hydrogen) atoms. The number of nitrogens with one attached hydrogen (secondary N) is 1. The average molecular weight is 480 g/mol. The predicted octanol–water partition coefficient (Wildman–Crippen LogP) is 3.68. The molecular weight excluding hydrogens is 446 g/mol. The van der Waals surface area contributed by atoms with Gasteiger partial charge in [-0.15, -0.1) is 0 Å². The van der Waals surface area contributed by atoms with Gasteiger partial charge in [-0.05, 0) is 46.8 Å². The van der Waals surface area contributed by atoms with Crippen LogP contribution in [0.5, 0.6) is 5.75 Å². The molecule has 1 fully saturated rings. The fourth-order valence-electron chi connectivity index (χ4n) is 3.40. The number of hydrogen-bond donors (Lipinski definition) is 1. The number of alkyl carbamates (subject to hydrolysis) is 1. The maximum absolute atomic E-state index is 12.1. The summed E-state index contributed by atoms with van der Waals surface area (Å²) in [5.41, 5.74) is -1.39. The van der Waals surface area contributed by atoms with E-state index in [2.05, 4.69) is 25.3 Å². The van der Waals surface area contributed by atoms with Crippen LogP contribution in [0.3, 0.4) is 0 Å². The lowest BCUT2D eigenvalue weighted by Crippen LogP contribution is -2.47. The average Bonchev–Trinajstić information content (AvgIpc) is 3.18. The number of benzene rings is 1. The summed E-state index contributed by atoms with van der Waals surface area (Å²) in [7, 11) is 0. The van der Waals surface area contributed by atoms with Gasteiger partial charge in [0.05, 0.1) is 11.6 Å². The van der Waals surface area contributed by atoms with E-state index in [9.17, 15) is 4.79 Å². The number of rotatable bonds is 8. The van der Waals surface area contributed by atoms with Crippen molar-refractivity contribution in [3.05, 3.63) is 41.0 Å². The van der Waals surface area contributed by atoms with Crippen molar-refractivity contribution in [3.8, 4) is 5.75 Å². The van der Waals surface area contributed by atoms with Gasteiger partial charge in [-0.25, -0.2) is 4.79 Å². The van der Waals surface area contributed by atoms with Crippen molar-refractivity contribution < 1.29 is 18.8 Å². The number of para-hydroxylation sites is 1. The Labute approximate surface area is 200 Å². The van der Waals surface area contributed by atoms with Crippen LogP contribution >= 0.6 is 11.6 Å². The number of halogens is 1. The molecule has 9 nitrogen and oxygen atoms in total. The Hall–Kier alpha value is -2.36. The lowest BCUT2D eigenvalue weighted by Gasteiger charge is -2.33. The molecule has 1 aromatic carbocycles. The zero-order chi connectivity index (χ0) is 24.1. The second-order valence-corrected chi connectivity index (χ2v) is 10.1. The van der Waals surface area contributed by atoms with Gasteiger partial charge in [0.15, 0.2) is 5.82 Å². The summed E-state index contributed by atoms with van der Waals surface area (Å²) in [5.74, 6) is 1.66. The molecule has 0 bridgehead atoms. The molecule has 0 spiro atoms. The second-order valence-electron chi connectivity index (χ2n) is 9.66. The largest absolute Gasteiger partial charge is 0.491 e. The van der Waals surface area contributed by atoms with Crippen LogP contribution in [-0.2, 0) is 16.8 Å². The molecule has 1 saturated heterocycles. The monoisotopic (exact) mass is 479 g/mol. The standard InChI is InChI=1S/C23H34ClN5O4/c1-22(2,3)32-21(30)26-23(4,5)20-25-19(33-27-20)16-29-12-10-28(11-13-29)14-15-31-18-9-7-6-8-17(18)24/h6-9H,10-16H2,1-5H3,(H,26,30). The number of ether oxygens (including phenoxy) is 2. The van der Waals surface area contributed by atoms with Crippen LogP contribution in [0.1, 0.15) is 46.3 Å². The van der Waals surface area contributed by atoms with Crippen molar-refractivity contribution in [1.82, 2.24) is 25.3 Å². The summed E-state index contributed by atoms with van der Waals surface area (Å²) in [6.07, 6.45) is -0.520. The molecule has 182 valence electrons. The quantitative estimate of drug-likeness (QED) is 0.612. The van der Waals surface area contributed by atoms with Crippen LogP contribution in [0.4, 0.5) is 4.79 Å². The first-order valence-electron chi connectivity index (χ1n) is 11.2. The van der Waals surface area contributed by atoms with Crippen LogP contribution in [0.25, 0.3) is 0 Å². The number of nitrogens with zero attached hydrogens (tertiary/aromatic N) is 4. The highest BCUT2D eigenvalue weighted by Gasteiger charge is 2.31. The Morgan fingerprint density at radius 1 is 1.12 bits per heavy atom. The number of carbonyl (C=O) groups is 1. The molecule has 1 N–H and O–H groups in total. The molecule has 0 aliphatic carbocycles. The Kier molecular flexibility index (Phi) is 8.20. The van der Waals surface area contributed by atoms with Gasteiger partial charge in [0.1, 0.15) is 23.5 Å². The minimum atomic E-state index is -0.815. The maximum Gasteiger partial charge on any atom is 0.408 e. The first-order valence-corrected chi connectivity index (χ1v) is 11.6. The van der Waals surface area contributed by atoms with Crippen LogP contribution in [0.2, 0.25) is 5.02 Å². The zero-order valence-corrected chi connectivity index (χ0v) is 20.8. The fourth-order valence-corrected chi connectivity index (χ4v) is 3.59. The molecule has 0 unspecified atom stereocenters. The van der Waals surface area contributed by atoms with E-state index in [1.807, 2.05) is 58.9 Å². The first kappa shape index (κ1) is 25.3. The number of carbonyl (C=O) groups excluding carboxylic acids is 1. The minimum absolute atomic E-state index is 0.415. The first-order chi connectivity index (χ1) is 15.5. The van der Waals surface area contributed by atoms with Crippen LogP contribution < -0.4 is 10.1 Å². The normalized spacial score (nSPS) is 15.9. The SMILES string of the molecule is CC(C)(C)OC(=O)NC(C)(C)c1noc(CN2CCN(CCOc3ccccc3Cl)CC2)n1. The van der Waals surface area contributed by atoms with Crippen LogP contribution in [0, 0.1) is 0 Å². The van der Waals surface area contributed by atoms with Gasteiger partial charge < -0.3 is 19.3 Å². The fraction of sp³-hybridized carbons (Fsp3) is 0.609. The molecule has 3 rings (SSSR count). The Bertz CT molecular complexity index is 920. The molecule has 2 heterocycles. The van der Waals surface area contributed by atoms with Gasteiger partial charge in [-0.3, -0.25) is 9.80 Å². The smallest absolute Gasteiger partial charge is 0.408 e. The van der Waals surface area contributed by atoms with Gasteiger partial charge >= 0.3 is 6.09 Å². The van der Waals surface area contributed by atoms with Crippen molar-refractivity contribution in [2.45, 2.75) is 52.3 Å². The van der Waals surface area contributed by atoms with E-state index >= 15 is 0 Å². The highest BCUT2D eigenvalue weighted by molar-refractivity contribution is 6.32. The molecule has 1 aromatic heterocycles. The predicted molar refractivity (Wildman–Crippen MR) is 125 cm³/mol. The third kappa shape index (κ3) is 7.87. The highest BCUT2D eigenvalue weighted by atomic mass is 35.5. The summed E-state index contributed by atoms with van der Waals surface area (Å²) in [6, 6.07) is 7.51. The van der Waals surface area contributed by atoms with Gasteiger partial charge in [0.2, 0.25) is 5.89 Å². The lowest BCUT2D eigenvalue weighted by atomic mass is 10.1. The van der Waals surface area contributed by atoms with Crippen LogP contribution in [0.15, 0.2) is 28.8 Å². The van der Waals surface area contributed by atoms with Gasteiger partial charge in [-0.2, -0.15) is 4.98 Å². The second kappa shape index (κ2) is 10.7. The van der Waals surface area contributed by atoms with Crippen LogP contribution in [-0.4, -0.2) is 71.0 Å². The van der Waals surface area contributed by atoms with E-state index in [1.54, 1.807) is 0 Å². The van der Waals surface area contributed by atoms with E-state index in [4.69, 9.17) is 25.6 Å². The van der Waals surface area contributed by atoms with Crippen molar-refractivity contribution in [3.63, 3.8) is 0 Å². The zero-order valence-electron chi connectivity index (χ0n) is 20.1. The lowest BCUT2D eigenvalue weighted by molar-refractivity contribution is 0.0465. The van der Waals surface area contributed by atoms with Crippen molar-refractivity contribution in [2.75, 3.05) is 39.3 Å². The summed E-state index contributed by atoms with van der Waals surface area (Å²) in [6.45, 7) is 14.7. The molecule has 1 amide bonds. The number of aromatic nitrogens is 2. The Balaban J connectivity index is 1.42. The third-order valence-electron chi connectivity index (χ3n) is 5.17. The Morgan fingerprint density at radius 2 is 1.79 bits per heavy atom. The molecule has 1 aliphatic heterocycles. The van der Waals surface area contributed by atoms with Crippen molar-refractivity contribution in [1.29, 1.82) is 0 Å². The van der Waals surface area contributed by atoms with Gasteiger partial charge in [0, 0.05) is 32.7 Å². The van der Waals surface area contributed by atoms with Crippen molar-refractivity contribution in [2.24, 2.45) is 0 Å². The third-order valence-corrected chi connectivity index (χ3v) is 5.48. The minimum Gasteiger partial charge on any atom is -0.491 e. The number of hydrogen-bond acceptors (Lipinski definition) is 8. The van der Waals surface area contributed by atoms with E-state index in [-0.39, 0.29) is 0 Å². The number of piperazine rings is 1. The van der Waals surface area contributed by atoms with Gasteiger partial charge in [0.25, 0.3) is 0 Å². The summed E-state index contributed by atoms with van der Waals surface area (Å²) in [4.78, 5) is 21.3. The molecule has 0 atom stereocenters. The maximum atomic E-state index is 12.1.